The number of hydrogen-bond donors (Lipinski definition) is 1. The van der Waals surface area contributed by atoms with Gasteiger partial charge in [0.25, 0.3) is 0 Å². The number of halogens is 5. The number of anilines is 1. The van der Waals surface area contributed by atoms with Crippen molar-refractivity contribution in [3.05, 3.63) is 27.4 Å². The molecule has 0 saturated heterocycles. The van der Waals surface area contributed by atoms with Crippen LogP contribution in [0.2, 0.25) is 5.02 Å². The molecule has 0 aliphatic carbocycles. The van der Waals surface area contributed by atoms with Crippen LogP contribution in [0.4, 0.5) is 18.9 Å². The Balaban J connectivity index is 2.57. The molecule has 4 nitrogen and oxygen atoms in total. The lowest BCUT2D eigenvalue weighted by Crippen LogP contribution is -2.06. The maximum absolute atomic E-state index is 13.9. The van der Waals surface area contributed by atoms with E-state index in [9.17, 15) is 13.2 Å². The molecule has 0 radical (unpaired) electrons. The summed E-state index contributed by atoms with van der Waals surface area (Å²) in [5.74, 6) is -0.894. The maximum atomic E-state index is 13.9. The van der Waals surface area contributed by atoms with E-state index in [1.807, 2.05) is 0 Å². The number of nitrogens with zero attached hydrogens (tertiary/aromatic N) is 2. The number of aromatic nitrogens is 2. The van der Waals surface area contributed by atoms with E-state index in [0.29, 0.717) is 0 Å². The van der Waals surface area contributed by atoms with Crippen molar-refractivity contribution in [2.75, 3.05) is 5.73 Å². The first kappa shape index (κ1) is 15.0. The summed E-state index contributed by atoms with van der Waals surface area (Å²) in [6.45, 7) is -3.02. The lowest BCUT2D eigenvalue weighted by atomic mass is 10.1. The smallest absolute Gasteiger partial charge is 0.388 e. The minimum atomic E-state index is -3.02. The second-order valence-corrected chi connectivity index (χ2v) is 5.02. The van der Waals surface area contributed by atoms with E-state index in [4.69, 9.17) is 17.3 Å². The van der Waals surface area contributed by atoms with E-state index in [1.54, 1.807) is 0 Å². The van der Waals surface area contributed by atoms with Gasteiger partial charge in [0.2, 0.25) is 5.88 Å². The van der Waals surface area contributed by atoms with Crippen LogP contribution >= 0.6 is 27.5 Å². The topological polar surface area (TPSA) is 53.1 Å². The Kier molecular flexibility index (Phi) is 4.14. The van der Waals surface area contributed by atoms with E-state index < -0.39 is 12.4 Å². The van der Waals surface area contributed by atoms with Crippen molar-refractivity contribution in [3.8, 4) is 17.1 Å². The SMILES string of the molecule is Cn1nc(-c2cc(N)c(Cl)cc2F)c(Br)c1OC(F)F. The molecule has 2 rings (SSSR count). The normalized spacial score (nSPS) is 11.2. The molecule has 0 aliphatic heterocycles. The molecule has 108 valence electrons. The third kappa shape index (κ3) is 2.71. The fraction of sp³-hybridized carbons (Fsp3) is 0.182. The van der Waals surface area contributed by atoms with Crippen molar-refractivity contribution < 1.29 is 17.9 Å². The van der Waals surface area contributed by atoms with Crippen LogP contribution in [0.5, 0.6) is 5.88 Å². The van der Waals surface area contributed by atoms with Gasteiger partial charge in [-0.05, 0) is 28.1 Å². The van der Waals surface area contributed by atoms with Crippen LogP contribution in [0, 0.1) is 5.82 Å². The maximum Gasteiger partial charge on any atom is 0.388 e. The summed E-state index contributed by atoms with van der Waals surface area (Å²) in [6, 6.07) is 2.30. The Morgan fingerprint density at radius 2 is 2.10 bits per heavy atom. The fourth-order valence-electron chi connectivity index (χ4n) is 1.61. The molecule has 1 aromatic carbocycles. The number of rotatable bonds is 3. The van der Waals surface area contributed by atoms with Gasteiger partial charge in [-0.3, -0.25) is 0 Å². The Labute approximate surface area is 125 Å². The van der Waals surface area contributed by atoms with E-state index in [1.165, 1.54) is 13.1 Å². The lowest BCUT2D eigenvalue weighted by molar-refractivity contribution is -0.0558. The van der Waals surface area contributed by atoms with Gasteiger partial charge in [-0.25, -0.2) is 9.07 Å². The molecule has 0 bridgehead atoms. The van der Waals surface area contributed by atoms with Gasteiger partial charge in [0.05, 0.1) is 10.7 Å². The molecule has 0 aliphatic rings. The highest BCUT2D eigenvalue weighted by molar-refractivity contribution is 9.10. The first-order valence-corrected chi connectivity index (χ1v) is 6.40. The summed E-state index contributed by atoms with van der Waals surface area (Å²) < 4.78 is 44.0. The number of nitrogens with two attached hydrogens (primary N) is 1. The van der Waals surface area contributed by atoms with Gasteiger partial charge < -0.3 is 10.5 Å². The third-order valence-corrected chi connectivity index (χ3v) is 3.52. The molecule has 2 N–H and O–H groups in total. The van der Waals surface area contributed by atoms with Crippen LogP contribution in [0.3, 0.4) is 0 Å². The zero-order valence-corrected chi connectivity index (χ0v) is 12.3. The summed E-state index contributed by atoms with van der Waals surface area (Å²) in [7, 11) is 1.39. The zero-order chi connectivity index (χ0) is 15.0. The van der Waals surface area contributed by atoms with Gasteiger partial charge in [0.15, 0.2) is 0 Å². The molecule has 20 heavy (non-hydrogen) atoms. The predicted octanol–water partition coefficient (Wildman–Crippen LogP) is 3.83. The summed E-state index contributed by atoms with van der Waals surface area (Å²) in [5.41, 5.74) is 5.87. The van der Waals surface area contributed by atoms with Crippen LogP contribution in [0.15, 0.2) is 16.6 Å². The van der Waals surface area contributed by atoms with Gasteiger partial charge >= 0.3 is 6.61 Å². The highest BCUT2D eigenvalue weighted by Crippen LogP contribution is 2.38. The van der Waals surface area contributed by atoms with E-state index in [2.05, 4.69) is 25.8 Å². The van der Waals surface area contributed by atoms with E-state index in [0.717, 1.165) is 10.7 Å². The molecule has 0 unspecified atom stereocenters. The Morgan fingerprint density at radius 3 is 2.70 bits per heavy atom. The molecule has 0 saturated carbocycles. The van der Waals surface area contributed by atoms with Crippen LogP contribution < -0.4 is 10.5 Å². The van der Waals surface area contributed by atoms with E-state index in [-0.39, 0.29) is 32.3 Å². The highest BCUT2D eigenvalue weighted by Gasteiger charge is 2.22. The molecular formula is C11H8BrClF3N3O. The Bertz CT molecular complexity index is 663. The fourth-order valence-corrected chi connectivity index (χ4v) is 2.41. The quantitative estimate of drug-likeness (QED) is 0.836. The molecule has 0 spiro atoms. The predicted molar refractivity (Wildman–Crippen MR) is 72.4 cm³/mol. The molecule has 0 atom stereocenters. The lowest BCUT2D eigenvalue weighted by Gasteiger charge is -2.05. The van der Waals surface area contributed by atoms with Crippen molar-refractivity contribution in [2.45, 2.75) is 6.61 Å². The Hall–Kier alpha value is -1.41. The van der Waals surface area contributed by atoms with Crippen LogP contribution in [0.25, 0.3) is 11.3 Å². The van der Waals surface area contributed by atoms with Crippen molar-refractivity contribution in [3.63, 3.8) is 0 Å². The first-order valence-electron chi connectivity index (χ1n) is 5.23. The average molecular weight is 371 g/mol. The molecule has 1 aromatic heterocycles. The van der Waals surface area contributed by atoms with Crippen molar-refractivity contribution >= 4 is 33.2 Å². The standard InChI is InChI=1S/C11H8BrClF3N3O/c1-19-10(20-11(15)16)8(12)9(18-19)4-2-7(17)5(13)3-6(4)14/h2-3,11H,17H2,1H3. The summed E-state index contributed by atoms with van der Waals surface area (Å²) >= 11 is 8.75. The van der Waals surface area contributed by atoms with Gasteiger partial charge in [-0.1, -0.05) is 11.6 Å². The van der Waals surface area contributed by atoms with Crippen molar-refractivity contribution in [2.24, 2.45) is 7.05 Å². The van der Waals surface area contributed by atoms with Crippen LogP contribution in [0.1, 0.15) is 0 Å². The number of aryl methyl sites for hydroxylation is 1. The van der Waals surface area contributed by atoms with Crippen LogP contribution in [-0.4, -0.2) is 16.4 Å². The monoisotopic (exact) mass is 369 g/mol. The Morgan fingerprint density at radius 1 is 1.45 bits per heavy atom. The molecule has 2 aromatic rings. The summed E-state index contributed by atoms with van der Waals surface area (Å²) in [4.78, 5) is 0. The van der Waals surface area contributed by atoms with Gasteiger partial charge in [0, 0.05) is 12.6 Å². The van der Waals surface area contributed by atoms with Gasteiger partial charge in [0.1, 0.15) is 16.0 Å². The van der Waals surface area contributed by atoms with Crippen LogP contribution in [-0.2, 0) is 7.05 Å². The van der Waals surface area contributed by atoms with Gasteiger partial charge in [-0.15, -0.1) is 0 Å². The molecule has 1 heterocycles. The third-order valence-electron chi connectivity index (χ3n) is 2.48. The second kappa shape index (κ2) is 5.53. The minimum absolute atomic E-state index is 0.0264. The molecule has 0 fully saturated rings. The number of ether oxygens (including phenoxy) is 1. The average Bonchev–Trinajstić information content (AvgIpc) is 2.61. The van der Waals surface area contributed by atoms with Gasteiger partial charge in [-0.2, -0.15) is 13.9 Å². The summed E-state index contributed by atoms with van der Waals surface area (Å²) in [5, 5.41) is 4.00. The number of nitrogen functional groups attached to an aromatic ring is 1. The second-order valence-electron chi connectivity index (χ2n) is 3.82. The van der Waals surface area contributed by atoms with Crippen molar-refractivity contribution in [1.29, 1.82) is 0 Å². The highest BCUT2D eigenvalue weighted by atomic mass is 79.9. The number of hydrogen-bond acceptors (Lipinski definition) is 3. The number of alkyl halides is 2. The van der Waals surface area contributed by atoms with E-state index >= 15 is 0 Å². The molecule has 9 heteroatoms. The number of benzene rings is 1. The summed E-state index contributed by atoms with van der Waals surface area (Å²) in [6.07, 6.45) is 0. The first-order chi connectivity index (χ1) is 9.31. The minimum Gasteiger partial charge on any atom is -0.416 e. The largest absolute Gasteiger partial charge is 0.416 e. The molecular weight excluding hydrogens is 362 g/mol. The van der Waals surface area contributed by atoms with Crippen molar-refractivity contribution in [1.82, 2.24) is 9.78 Å². The molecule has 0 amide bonds. The zero-order valence-electron chi connectivity index (χ0n) is 10.0.